The number of rotatable bonds is 3. The molecule has 0 aliphatic carbocycles. The molecule has 0 unspecified atom stereocenters. The third-order valence-corrected chi connectivity index (χ3v) is 5.10. The molecule has 0 radical (unpaired) electrons. The van der Waals surface area contributed by atoms with E-state index in [-0.39, 0.29) is 18.9 Å². The number of benzene rings is 1. The molecule has 5 rings (SSSR count). The van der Waals surface area contributed by atoms with E-state index in [1.165, 1.54) is 0 Å². The summed E-state index contributed by atoms with van der Waals surface area (Å²) in [4.78, 5) is 6.58. The van der Waals surface area contributed by atoms with E-state index in [4.69, 9.17) is 26.1 Å². The van der Waals surface area contributed by atoms with Crippen molar-refractivity contribution < 1.29 is 13.9 Å². The molecule has 1 aromatic carbocycles. The van der Waals surface area contributed by atoms with Crippen LogP contribution in [0, 0.1) is 6.92 Å². The summed E-state index contributed by atoms with van der Waals surface area (Å²) in [6.45, 7) is 2.17. The first-order valence-corrected chi connectivity index (χ1v) is 9.08. The van der Waals surface area contributed by atoms with Crippen LogP contribution in [0.3, 0.4) is 0 Å². The average molecular weight is 379 g/mol. The van der Waals surface area contributed by atoms with Crippen LogP contribution in [0.25, 0.3) is 0 Å². The molecule has 2 aliphatic rings. The summed E-state index contributed by atoms with van der Waals surface area (Å²) in [5.41, 5.74) is 1.82. The maximum absolute atomic E-state index is 5.99. The highest BCUT2D eigenvalue weighted by Crippen LogP contribution is 2.44. The van der Waals surface area contributed by atoms with Gasteiger partial charge >= 0.3 is 0 Å². The fraction of sp³-hybridized carbons (Fsp3) is 0.200. The van der Waals surface area contributed by atoms with Crippen LogP contribution in [-0.4, -0.2) is 16.9 Å². The number of nitrogens with one attached hydrogen (secondary N) is 1. The summed E-state index contributed by atoms with van der Waals surface area (Å²) >= 11 is 5.68. The molecule has 0 amide bonds. The van der Waals surface area contributed by atoms with E-state index in [2.05, 4.69) is 15.2 Å². The lowest BCUT2D eigenvalue weighted by Crippen LogP contribution is -2.29. The summed E-state index contributed by atoms with van der Waals surface area (Å²) in [5.74, 6) is 3.14. The Bertz CT molecular complexity index is 1000. The molecule has 6 nitrogen and oxygen atoms in total. The summed E-state index contributed by atoms with van der Waals surface area (Å²) in [6, 6.07) is 15.3. The Kier molecular flexibility index (Phi) is 3.75. The van der Waals surface area contributed by atoms with Crippen LogP contribution in [-0.2, 0) is 0 Å². The minimum absolute atomic E-state index is 0.130. The van der Waals surface area contributed by atoms with Gasteiger partial charge < -0.3 is 24.1 Å². The lowest BCUT2D eigenvalue weighted by molar-refractivity contribution is 0.174. The van der Waals surface area contributed by atoms with E-state index in [1.807, 2.05) is 55.5 Å². The molecular formula is C20H17N3O3S. The van der Waals surface area contributed by atoms with Gasteiger partial charge in [-0.05, 0) is 55.5 Å². The Morgan fingerprint density at radius 2 is 2.00 bits per heavy atom. The van der Waals surface area contributed by atoms with Gasteiger partial charge in [0.15, 0.2) is 16.6 Å². The number of hydrogen-bond donors (Lipinski definition) is 1. The number of thiocarbonyl (C=S) groups is 1. The number of nitrogens with zero attached hydrogens (tertiary/aromatic N) is 2. The van der Waals surface area contributed by atoms with Crippen molar-refractivity contribution >= 4 is 23.0 Å². The quantitative estimate of drug-likeness (QED) is 0.693. The maximum atomic E-state index is 5.99. The fourth-order valence-corrected chi connectivity index (χ4v) is 3.92. The van der Waals surface area contributed by atoms with Crippen LogP contribution >= 0.6 is 12.2 Å². The molecule has 1 saturated heterocycles. The number of fused-ring (bicyclic) bond motifs is 1. The second-order valence-electron chi connectivity index (χ2n) is 6.48. The molecule has 2 aromatic heterocycles. The third-order valence-electron chi connectivity index (χ3n) is 4.79. The van der Waals surface area contributed by atoms with Gasteiger partial charge in [-0.2, -0.15) is 0 Å². The van der Waals surface area contributed by atoms with Crippen molar-refractivity contribution in [3.05, 3.63) is 71.9 Å². The van der Waals surface area contributed by atoms with Gasteiger partial charge in [0, 0.05) is 18.0 Å². The van der Waals surface area contributed by atoms with E-state index >= 15 is 0 Å². The van der Waals surface area contributed by atoms with Crippen LogP contribution in [0.15, 0.2) is 59.1 Å². The molecule has 3 aromatic rings. The van der Waals surface area contributed by atoms with Gasteiger partial charge in [0.1, 0.15) is 17.6 Å². The zero-order valence-electron chi connectivity index (χ0n) is 14.6. The monoisotopic (exact) mass is 379 g/mol. The molecule has 0 saturated carbocycles. The number of pyridine rings is 1. The van der Waals surface area contributed by atoms with Gasteiger partial charge in [0.05, 0.1) is 11.7 Å². The van der Waals surface area contributed by atoms with Crippen LogP contribution < -0.4 is 19.7 Å². The van der Waals surface area contributed by atoms with Crippen LogP contribution in [0.5, 0.6) is 11.5 Å². The highest BCUT2D eigenvalue weighted by atomic mass is 32.1. The summed E-state index contributed by atoms with van der Waals surface area (Å²) < 4.78 is 17.0. The van der Waals surface area contributed by atoms with Crippen molar-refractivity contribution in [1.82, 2.24) is 10.3 Å². The SMILES string of the molecule is Cc1ccc([C@@H]2[C@H](c3ccccn3)NC(=S)N2c2ccc3c(c2)OCO3)o1. The Labute approximate surface area is 161 Å². The van der Waals surface area contributed by atoms with Gasteiger partial charge in [0.2, 0.25) is 6.79 Å². The van der Waals surface area contributed by atoms with Gasteiger partial charge in [-0.15, -0.1) is 0 Å². The molecule has 0 spiro atoms. The first-order valence-electron chi connectivity index (χ1n) is 8.67. The van der Waals surface area contributed by atoms with Crippen molar-refractivity contribution in [2.75, 3.05) is 11.7 Å². The molecule has 2 aliphatic heterocycles. The fourth-order valence-electron chi connectivity index (χ4n) is 3.57. The molecular weight excluding hydrogens is 362 g/mol. The Morgan fingerprint density at radius 3 is 2.78 bits per heavy atom. The lowest BCUT2D eigenvalue weighted by Gasteiger charge is -2.26. The minimum atomic E-state index is -0.165. The highest BCUT2D eigenvalue weighted by Gasteiger charge is 2.42. The van der Waals surface area contributed by atoms with Crippen LogP contribution in [0.2, 0.25) is 0 Å². The Morgan fingerprint density at radius 1 is 1.11 bits per heavy atom. The third kappa shape index (κ3) is 2.71. The summed E-state index contributed by atoms with van der Waals surface area (Å²) in [5, 5.41) is 4.02. The topological polar surface area (TPSA) is 59.8 Å². The van der Waals surface area contributed by atoms with Crippen LogP contribution in [0.1, 0.15) is 29.3 Å². The normalized spacial score (nSPS) is 20.8. The molecule has 2 atom stereocenters. The predicted molar refractivity (Wildman–Crippen MR) is 104 cm³/mol. The van der Waals surface area contributed by atoms with Crippen molar-refractivity contribution in [3.8, 4) is 11.5 Å². The minimum Gasteiger partial charge on any atom is -0.464 e. The van der Waals surface area contributed by atoms with Gasteiger partial charge in [0.25, 0.3) is 0 Å². The number of hydrogen-bond acceptors (Lipinski definition) is 5. The van der Waals surface area contributed by atoms with E-state index in [0.29, 0.717) is 10.9 Å². The lowest BCUT2D eigenvalue weighted by atomic mass is 10.0. The molecule has 1 N–H and O–H groups in total. The Hall–Kier alpha value is -3.06. The van der Waals surface area contributed by atoms with Crippen molar-refractivity contribution in [2.45, 2.75) is 19.0 Å². The number of furan rings is 1. The largest absolute Gasteiger partial charge is 0.464 e. The number of aromatic nitrogens is 1. The first kappa shape index (κ1) is 16.1. The van der Waals surface area contributed by atoms with Crippen LogP contribution in [0.4, 0.5) is 5.69 Å². The van der Waals surface area contributed by atoms with E-state index in [0.717, 1.165) is 28.7 Å². The van der Waals surface area contributed by atoms with Crippen molar-refractivity contribution in [1.29, 1.82) is 0 Å². The standard InChI is InChI=1S/C20H17N3O3S/c1-12-5-7-16(26-12)19-18(14-4-2-3-9-21-14)22-20(27)23(19)13-6-8-15-17(10-13)25-11-24-15/h2-10,18-19H,11H2,1H3,(H,22,27)/t18-,19+/m0/s1. The summed E-state index contributed by atoms with van der Waals surface area (Å²) in [7, 11) is 0. The maximum Gasteiger partial charge on any atom is 0.231 e. The summed E-state index contributed by atoms with van der Waals surface area (Å²) in [6.07, 6.45) is 1.79. The second-order valence-corrected chi connectivity index (χ2v) is 6.87. The van der Waals surface area contributed by atoms with E-state index in [1.54, 1.807) is 6.20 Å². The zero-order valence-corrected chi connectivity index (χ0v) is 15.4. The van der Waals surface area contributed by atoms with Crippen molar-refractivity contribution in [2.24, 2.45) is 0 Å². The van der Waals surface area contributed by atoms with Gasteiger partial charge in [-0.25, -0.2) is 0 Å². The van der Waals surface area contributed by atoms with E-state index < -0.39 is 0 Å². The second kappa shape index (κ2) is 6.28. The smallest absolute Gasteiger partial charge is 0.231 e. The zero-order chi connectivity index (χ0) is 18.4. The van der Waals surface area contributed by atoms with Gasteiger partial charge in [-0.1, -0.05) is 6.07 Å². The average Bonchev–Trinajstić information content (AvgIpc) is 3.39. The van der Waals surface area contributed by atoms with Crippen molar-refractivity contribution in [3.63, 3.8) is 0 Å². The molecule has 27 heavy (non-hydrogen) atoms. The molecule has 1 fully saturated rings. The Balaban J connectivity index is 1.61. The molecule has 136 valence electrons. The van der Waals surface area contributed by atoms with E-state index in [9.17, 15) is 0 Å². The molecule has 7 heteroatoms. The highest BCUT2D eigenvalue weighted by molar-refractivity contribution is 7.80. The van der Waals surface area contributed by atoms with Gasteiger partial charge in [-0.3, -0.25) is 4.98 Å². The molecule has 4 heterocycles. The first-order chi connectivity index (χ1) is 13.2. The number of anilines is 1. The number of aryl methyl sites for hydroxylation is 1. The number of ether oxygens (including phenoxy) is 2. The predicted octanol–water partition coefficient (Wildman–Crippen LogP) is 3.89. The molecule has 0 bridgehead atoms.